The van der Waals surface area contributed by atoms with Gasteiger partial charge in [-0.05, 0) is 17.7 Å². The number of methoxy groups -OCH3 is 1. The van der Waals surface area contributed by atoms with Crippen molar-refractivity contribution in [2.24, 2.45) is 0 Å². The number of carboxylic acid groups (broad SMARTS) is 1. The first-order chi connectivity index (χ1) is 10.2. The van der Waals surface area contributed by atoms with Crippen LogP contribution in [0.25, 0.3) is 22.2 Å². The summed E-state index contributed by atoms with van der Waals surface area (Å²) in [6.07, 6.45) is -0.130. The van der Waals surface area contributed by atoms with Crippen LogP contribution in [0.15, 0.2) is 47.0 Å². The van der Waals surface area contributed by atoms with Gasteiger partial charge in [0.25, 0.3) is 0 Å². The minimum atomic E-state index is -0.922. The van der Waals surface area contributed by atoms with Gasteiger partial charge in [0, 0.05) is 5.56 Å². The number of nitrogens with zero attached hydrogens (tertiary/aromatic N) is 1. The summed E-state index contributed by atoms with van der Waals surface area (Å²) >= 11 is 0. The second-order valence-electron chi connectivity index (χ2n) is 4.63. The Bertz CT molecular complexity index is 793. The minimum absolute atomic E-state index is 0.130. The largest absolute Gasteiger partial charge is 0.497 e. The molecule has 0 saturated carbocycles. The number of aromatic nitrogens is 1. The molecule has 0 radical (unpaired) electrons. The van der Waals surface area contributed by atoms with E-state index in [2.05, 4.69) is 5.16 Å². The maximum Gasteiger partial charge on any atom is 0.307 e. The Morgan fingerprint density at radius 3 is 2.71 bits per heavy atom. The van der Waals surface area contributed by atoms with Crippen molar-refractivity contribution >= 4 is 16.9 Å². The third-order valence-electron chi connectivity index (χ3n) is 3.25. The first-order valence-corrected chi connectivity index (χ1v) is 6.42. The Labute approximate surface area is 120 Å². The molecule has 106 valence electrons. The first kappa shape index (κ1) is 13.2. The van der Waals surface area contributed by atoms with Crippen molar-refractivity contribution in [3.63, 3.8) is 0 Å². The molecule has 21 heavy (non-hydrogen) atoms. The Balaban J connectivity index is 2.23. The van der Waals surface area contributed by atoms with Gasteiger partial charge in [-0.3, -0.25) is 4.79 Å². The van der Waals surface area contributed by atoms with Gasteiger partial charge >= 0.3 is 5.97 Å². The molecule has 0 amide bonds. The van der Waals surface area contributed by atoms with Gasteiger partial charge in [0.2, 0.25) is 0 Å². The van der Waals surface area contributed by atoms with Crippen LogP contribution in [0.1, 0.15) is 5.56 Å². The highest BCUT2D eigenvalue weighted by Crippen LogP contribution is 2.33. The Morgan fingerprint density at radius 1 is 1.29 bits per heavy atom. The van der Waals surface area contributed by atoms with Gasteiger partial charge in [0.05, 0.1) is 18.9 Å². The molecular weight excluding hydrogens is 270 g/mol. The first-order valence-electron chi connectivity index (χ1n) is 6.42. The van der Waals surface area contributed by atoms with E-state index in [1.165, 1.54) is 0 Å². The van der Waals surface area contributed by atoms with Crippen LogP contribution in [0.2, 0.25) is 0 Å². The summed E-state index contributed by atoms with van der Waals surface area (Å²) in [5.41, 5.74) is 2.01. The fraction of sp³-hybridized carbons (Fsp3) is 0.125. The summed E-state index contributed by atoms with van der Waals surface area (Å²) in [6.45, 7) is 0. The molecule has 3 aromatic rings. The molecule has 0 aliphatic rings. The van der Waals surface area contributed by atoms with Gasteiger partial charge < -0.3 is 14.4 Å². The van der Waals surface area contributed by atoms with E-state index in [4.69, 9.17) is 14.4 Å². The maximum absolute atomic E-state index is 11.0. The molecule has 5 heteroatoms. The lowest BCUT2D eigenvalue weighted by Gasteiger charge is -2.04. The summed E-state index contributed by atoms with van der Waals surface area (Å²) in [5, 5.41) is 13.8. The van der Waals surface area contributed by atoms with E-state index in [1.807, 2.05) is 30.3 Å². The number of fused-ring (bicyclic) bond motifs is 1. The monoisotopic (exact) mass is 283 g/mol. The van der Waals surface area contributed by atoms with Crippen LogP contribution in [0.3, 0.4) is 0 Å². The van der Waals surface area contributed by atoms with Crippen LogP contribution in [-0.2, 0) is 11.2 Å². The summed E-state index contributed by atoms with van der Waals surface area (Å²) in [4.78, 5) is 11.0. The molecule has 0 fully saturated rings. The van der Waals surface area contributed by atoms with Crippen LogP contribution >= 0.6 is 0 Å². The number of benzene rings is 2. The molecule has 2 aromatic carbocycles. The molecule has 0 unspecified atom stereocenters. The average Bonchev–Trinajstić information content (AvgIpc) is 2.91. The molecule has 5 nitrogen and oxygen atoms in total. The average molecular weight is 283 g/mol. The van der Waals surface area contributed by atoms with Crippen LogP contribution in [0.4, 0.5) is 0 Å². The zero-order valence-electron chi connectivity index (χ0n) is 11.4. The Morgan fingerprint density at radius 2 is 2.05 bits per heavy atom. The molecule has 0 atom stereocenters. The molecule has 3 rings (SSSR count). The van der Waals surface area contributed by atoms with E-state index < -0.39 is 5.97 Å². The van der Waals surface area contributed by atoms with E-state index in [0.29, 0.717) is 22.6 Å². The van der Waals surface area contributed by atoms with Gasteiger partial charge in [-0.1, -0.05) is 35.5 Å². The van der Waals surface area contributed by atoms with Crippen molar-refractivity contribution in [2.75, 3.05) is 7.11 Å². The molecule has 1 N–H and O–H groups in total. The number of hydrogen-bond donors (Lipinski definition) is 1. The standard InChI is InChI=1S/C16H13NO4/c1-20-12-7-11(8-14(18)19)15-13(9-12)16(21-17-15)10-5-3-2-4-6-10/h2-7,9H,8H2,1H3,(H,18,19). The minimum Gasteiger partial charge on any atom is -0.497 e. The Kier molecular flexibility index (Phi) is 3.31. The summed E-state index contributed by atoms with van der Waals surface area (Å²) in [5.74, 6) is 0.268. The van der Waals surface area contributed by atoms with Crippen molar-refractivity contribution in [3.8, 4) is 17.1 Å². The zero-order chi connectivity index (χ0) is 14.8. The van der Waals surface area contributed by atoms with E-state index in [-0.39, 0.29) is 6.42 Å². The van der Waals surface area contributed by atoms with Crippen molar-refractivity contribution in [1.29, 1.82) is 0 Å². The van der Waals surface area contributed by atoms with Crippen LogP contribution < -0.4 is 4.74 Å². The number of aliphatic carboxylic acids is 1. The molecule has 1 heterocycles. The smallest absolute Gasteiger partial charge is 0.307 e. The van der Waals surface area contributed by atoms with Crippen molar-refractivity contribution in [2.45, 2.75) is 6.42 Å². The molecule has 0 saturated heterocycles. The fourth-order valence-corrected chi connectivity index (χ4v) is 2.30. The van der Waals surface area contributed by atoms with E-state index >= 15 is 0 Å². The zero-order valence-corrected chi connectivity index (χ0v) is 11.4. The van der Waals surface area contributed by atoms with E-state index in [0.717, 1.165) is 10.9 Å². The lowest BCUT2D eigenvalue weighted by Crippen LogP contribution is -2.01. The SMILES string of the molecule is COc1cc(CC(=O)O)c2noc(-c3ccccc3)c2c1. The highest BCUT2D eigenvalue weighted by Gasteiger charge is 2.17. The maximum atomic E-state index is 11.0. The van der Waals surface area contributed by atoms with Gasteiger partial charge in [0.15, 0.2) is 5.76 Å². The predicted octanol–water partition coefficient (Wildman–Crippen LogP) is 3.13. The third-order valence-corrected chi connectivity index (χ3v) is 3.25. The number of ether oxygens (including phenoxy) is 1. The third kappa shape index (κ3) is 2.45. The van der Waals surface area contributed by atoms with Gasteiger partial charge in [0.1, 0.15) is 11.3 Å². The van der Waals surface area contributed by atoms with Crippen molar-refractivity contribution in [1.82, 2.24) is 5.16 Å². The van der Waals surface area contributed by atoms with Gasteiger partial charge in [-0.2, -0.15) is 0 Å². The van der Waals surface area contributed by atoms with Gasteiger partial charge in [-0.15, -0.1) is 0 Å². The molecule has 0 aliphatic heterocycles. The molecule has 1 aromatic heterocycles. The number of carbonyl (C=O) groups is 1. The lowest BCUT2D eigenvalue weighted by molar-refractivity contribution is -0.136. The van der Waals surface area contributed by atoms with Crippen LogP contribution in [0, 0.1) is 0 Å². The van der Waals surface area contributed by atoms with Crippen LogP contribution in [-0.4, -0.2) is 23.3 Å². The number of carboxylic acids is 1. The lowest BCUT2D eigenvalue weighted by atomic mass is 10.0. The fourth-order valence-electron chi connectivity index (χ4n) is 2.30. The van der Waals surface area contributed by atoms with Gasteiger partial charge in [-0.25, -0.2) is 0 Å². The normalized spacial score (nSPS) is 10.7. The number of rotatable bonds is 4. The highest BCUT2D eigenvalue weighted by atomic mass is 16.5. The molecule has 0 aliphatic carbocycles. The summed E-state index contributed by atoms with van der Waals surface area (Å²) in [6, 6.07) is 13.0. The second-order valence-corrected chi connectivity index (χ2v) is 4.63. The van der Waals surface area contributed by atoms with Crippen molar-refractivity contribution in [3.05, 3.63) is 48.0 Å². The Hall–Kier alpha value is -2.82. The molecule has 0 spiro atoms. The molecular formula is C16H13NO4. The quantitative estimate of drug-likeness (QED) is 0.796. The van der Waals surface area contributed by atoms with Crippen LogP contribution in [0.5, 0.6) is 5.75 Å². The van der Waals surface area contributed by atoms with E-state index in [9.17, 15) is 4.79 Å². The number of hydrogen-bond acceptors (Lipinski definition) is 4. The summed E-state index contributed by atoms with van der Waals surface area (Å²) < 4.78 is 10.7. The predicted molar refractivity (Wildman–Crippen MR) is 77.3 cm³/mol. The topological polar surface area (TPSA) is 72.6 Å². The highest BCUT2D eigenvalue weighted by molar-refractivity contribution is 5.95. The molecule has 0 bridgehead atoms. The second kappa shape index (κ2) is 5.28. The van der Waals surface area contributed by atoms with Crippen molar-refractivity contribution < 1.29 is 19.2 Å². The summed E-state index contributed by atoms with van der Waals surface area (Å²) in [7, 11) is 1.54. The van der Waals surface area contributed by atoms with E-state index in [1.54, 1.807) is 19.2 Å².